The molecule has 7 nitrogen and oxygen atoms in total. The van der Waals surface area contributed by atoms with Gasteiger partial charge in [-0.1, -0.05) is 30.3 Å². The van der Waals surface area contributed by atoms with Gasteiger partial charge in [0.05, 0.1) is 12.6 Å². The Morgan fingerprint density at radius 2 is 2.00 bits per heavy atom. The number of carbonyl (C=O) groups is 2. The molecule has 0 saturated carbocycles. The highest BCUT2D eigenvalue weighted by atomic mass is 16.4. The van der Waals surface area contributed by atoms with Crippen LogP contribution in [0, 0.1) is 0 Å². The summed E-state index contributed by atoms with van der Waals surface area (Å²) in [5, 5.41) is 23.6. The van der Waals surface area contributed by atoms with Crippen LogP contribution in [0.4, 0.5) is 0 Å². The molecule has 2 rings (SSSR count). The Hall–Kier alpha value is -2.41. The maximum Gasteiger partial charge on any atom is 0.352 e. The Labute approximate surface area is 121 Å². The Morgan fingerprint density at radius 1 is 1.33 bits per heavy atom. The van der Waals surface area contributed by atoms with Crippen LogP contribution in [0.5, 0.6) is 0 Å². The summed E-state index contributed by atoms with van der Waals surface area (Å²) in [7, 11) is 0. The molecule has 0 aliphatic carbocycles. The van der Waals surface area contributed by atoms with Crippen LogP contribution in [0.25, 0.3) is 0 Å². The normalized spacial score (nSPS) is 19.2. The first-order valence-corrected chi connectivity index (χ1v) is 6.57. The van der Waals surface area contributed by atoms with Gasteiger partial charge in [0.2, 0.25) is 0 Å². The SMILES string of the molecule is N[C@H](C[C@@H]1CC(C(=O)O)=NN1Cc1ccccc1)C(=O)O. The van der Waals surface area contributed by atoms with Crippen molar-refractivity contribution >= 4 is 17.7 Å². The van der Waals surface area contributed by atoms with E-state index in [9.17, 15) is 9.59 Å². The molecule has 112 valence electrons. The number of hydrazone groups is 1. The van der Waals surface area contributed by atoms with E-state index in [1.807, 2.05) is 30.3 Å². The van der Waals surface area contributed by atoms with Crippen LogP contribution in [0.1, 0.15) is 18.4 Å². The number of carboxylic acid groups (broad SMARTS) is 2. The first-order valence-electron chi connectivity index (χ1n) is 6.57. The number of hydrogen-bond donors (Lipinski definition) is 3. The first kappa shape index (κ1) is 15.0. The second-order valence-electron chi connectivity index (χ2n) is 4.97. The number of nitrogens with two attached hydrogens (primary N) is 1. The predicted molar refractivity (Wildman–Crippen MR) is 75.7 cm³/mol. The molecule has 4 N–H and O–H groups in total. The van der Waals surface area contributed by atoms with Gasteiger partial charge in [-0.3, -0.25) is 9.80 Å². The molecule has 0 aromatic heterocycles. The van der Waals surface area contributed by atoms with Crippen LogP contribution in [-0.2, 0) is 16.1 Å². The number of carboxylic acids is 2. The zero-order valence-corrected chi connectivity index (χ0v) is 11.3. The van der Waals surface area contributed by atoms with Crippen molar-refractivity contribution in [2.75, 3.05) is 0 Å². The Bertz CT molecular complexity index is 559. The summed E-state index contributed by atoms with van der Waals surface area (Å²) in [5.41, 5.74) is 6.56. The van der Waals surface area contributed by atoms with Crippen molar-refractivity contribution in [3.63, 3.8) is 0 Å². The number of rotatable bonds is 6. The Balaban J connectivity index is 2.12. The zero-order valence-electron chi connectivity index (χ0n) is 11.3. The average molecular weight is 291 g/mol. The molecule has 7 heteroatoms. The maximum atomic E-state index is 11.1. The fourth-order valence-electron chi connectivity index (χ4n) is 2.27. The first-order chi connectivity index (χ1) is 9.97. The molecule has 0 bridgehead atoms. The van der Waals surface area contributed by atoms with Gasteiger partial charge in [0.1, 0.15) is 11.8 Å². The zero-order chi connectivity index (χ0) is 15.4. The van der Waals surface area contributed by atoms with Gasteiger partial charge >= 0.3 is 11.9 Å². The maximum absolute atomic E-state index is 11.1. The molecular weight excluding hydrogens is 274 g/mol. The Kier molecular flexibility index (Phi) is 4.54. The van der Waals surface area contributed by atoms with E-state index in [-0.39, 0.29) is 24.6 Å². The van der Waals surface area contributed by atoms with E-state index in [2.05, 4.69) is 5.10 Å². The van der Waals surface area contributed by atoms with Gasteiger partial charge in [-0.15, -0.1) is 0 Å². The fraction of sp³-hybridized carbons (Fsp3) is 0.357. The summed E-state index contributed by atoms with van der Waals surface area (Å²) in [5.74, 6) is -2.18. The predicted octanol–water partition coefficient (Wildman–Crippen LogP) is 0.503. The summed E-state index contributed by atoms with van der Waals surface area (Å²) in [6, 6.07) is 8.11. The van der Waals surface area contributed by atoms with E-state index < -0.39 is 18.0 Å². The molecule has 1 aliphatic heterocycles. The van der Waals surface area contributed by atoms with Crippen molar-refractivity contribution < 1.29 is 19.8 Å². The summed E-state index contributed by atoms with van der Waals surface area (Å²) >= 11 is 0. The van der Waals surface area contributed by atoms with Crippen LogP contribution >= 0.6 is 0 Å². The van der Waals surface area contributed by atoms with Crippen LogP contribution in [0.15, 0.2) is 35.4 Å². The highest BCUT2D eigenvalue weighted by Crippen LogP contribution is 2.22. The van der Waals surface area contributed by atoms with Crippen molar-refractivity contribution in [3.8, 4) is 0 Å². The number of hydrogen-bond acceptors (Lipinski definition) is 5. The van der Waals surface area contributed by atoms with Crippen molar-refractivity contribution in [3.05, 3.63) is 35.9 Å². The lowest BCUT2D eigenvalue weighted by Gasteiger charge is -2.24. The van der Waals surface area contributed by atoms with E-state index in [1.165, 1.54) is 0 Å². The third-order valence-electron chi connectivity index (χ3n) is 3.38. The molecular formula is C14H17N3O4. The highest BCUT2D eigenvalue weighted by Gasteiger charge is 2.32. The van der Waals surface area contributed by atoms with Crippen LogP contribution in [0.2, 0.25) is 0 Å². The average Bonchev–Trinajstić information content (AvgIpc) is 2.83. The van der Waals surface area contributed by atoms with Gasteiger partial charge in [-0.2, -0.15) is 5.10 Å². The molecule has 2 atom stereocenters. The second-order valence-corrected chi connectivity index (χ2v) is 4.97. The Morgan fingerprint density at radius 3 is 2.57 bits per heavy atom. The molecule has 21 heavy (non-hydrogen) atoms. The van der Waals surface area contributed by atoms with Crippen LogP contribution < -0.4 is 5.73 Å². The van der Waals surface area contributed by atoms with E-state index in [1.54, 1.807) is 5.01 Å². The minimum atomic E-state index is -1.10. The van der Waals surface area contributed by atoms with Crippen molar-refractivity contribution in [1.82, 2.24) is 5.01 Å². The highest BCUT2D eigenvalue weighted by molar-refractivity contribution is 6.36. The molecule has 1 aliphatic rings. The number of benzene rings is 1. The van der Waals surface area contributed by atoms with Crippen LogP contribution in [-0.4, -0.2) is 45.0 Å². The molecule has 1 aromatic rings. The minimum Gasteiger partial charge on any atom is -0.480 e. The van der Waals surface area contributed by atoms with E-state index in [0.29, 0.717) is 6.54 Å². The lowest BCUT2D eigenvalue weighted by atomic mass is 10.0. The van der Waals surface area contributed by atoms with Crippen LogP contribution in [0.3, 0.4) is 0 Å². The summed E-state index contributed by atoms with van der Waals surface area (Å²) in [6.07, 6.45) is 0.353. The van der Waals surface area contributed by atoms with Gasteiger partial charge in [-0.05, 0) is 12.0 Å². The molecule has 0 amide bonds. The largest absolute Gasteiger partial charge is 0.480 e. The lowest BCUT2D eigenvalue weighted by molar-refractivity contribution is -0.139. The molecule has 0 spiro atoms. The van der Waals surface area contributed by atoms with Gasteiger partial charge in [0.15, 0.2) is 0 Å². The third kappa shape index (κ3) is 3.79. The molecule has 0 saturated heterocycles. The lowest BCUT2D eigenvalue weighted by Crippen LogP contribution is -2.38. The monoisotopic (exact) mass is 291 g/mol. The third-order valence-corrected chi connectivity index (χ3v) is 3.38. The smallest absolute Gasteiger partial charge is 0.352 e. The minimum absolute atomic E-state index is 0.0357. The molecule has 0 fully saturated rings. The van der Waals surface area contributed by atoms with Gasteiger partial charge < -0.3 is 15.9 Å². The van der Waals surface area contributed by atoms with Gasteiger partial charge in [0, 0.05) is 6.42 Å². The van der Waals surface area contributed by atoms with Gasteiger partial charge in [0.25, 0.3) is 0 Å². The number of aliphatic carboxylic acids is 2. The van der Waals surface area contributed by atoms with Crippen molar-refractivity contribution in [2.45, 2.75) is 31.5 Å². The van der Waals surface area contributed by atoms with Crippen molar-refractivity contribution in [1.29, 1.82) is 0 Å². The van der Waals surface area contributed by atoms with Crippen molar-refractivity contribution in [2.24, 2.45) is 10.8 Å². The number of nitrogens with zero attached hydrogens (tertiary/aromatic N) is 2. The molecule has 1 heterocycles. The van der Waals surface area contributed by atoms with E-state index in [0.717, 1.165) is 5.56 Å². The standard InChI is InChI=1S/C14H17N3O4/c15-11(13(18)19)6-10-7-12(14(20)21)16-17(10)8-9-4-2-1-3-5-9/h1-5,10-11H,6-8,15H2,(H,18,19)(H,20,21)/t10-,11-/m1/s1. The summed E-state index contributed by atoms with van der Waals surface area (Å²) < 4.78 is 0. The molecule has 1 aromatic carbocycles. The van der Waals surface area contributed by atoms with Gasteiger partial charge in [-0.25, -0.2) is 4.79 Å². The second kappa shape index (κ2) is 6.36. The quantitative estimate of drug-likeness (QED) is 0.703. The fourth-order valence-corrected chi connectivity index (χ4v) is 2.27. The summed E-state index contributed by atoms with van der Waals surface area (Å²) in [4.78, 5) is 21.9. The van der Waals surface area contributed by atoms with E-state index in [4.69, 9.17) is 15.9 Å². The molecule has 0 unspecified atom stereocenters. The molecule has 0 radical (unpaired) electrons. The van der Waals surface area contributed by atoms with E-state index >= 15 is 0 Å². The topological polar surface area (TPSA) is 116 Å². The summed E-state index contributed by atoms with van der Waals surface area (Å²) in [6.45, 7) is 0.425.